The quantitative estimate of drug-likeness (QED) is 0.440. The molecule has 0 saturated carbocycles. The van der Waals surface area contributed by atoms with Gasteiger partial charge < -0.3 is 10.2 Å². The number of carboxylic acids is 1. The van der Waals surface area contributed by atoms with Crippen molar-refractivity contribution in [2.24, 2.45) is 0 Å². The molecule has 3 nitrogen and oxygen atoms in total. The third-order valence-electron chi connectivity index (χ3n) is 0.231. The summed E-state index contributed by atoms with van der Waals surface area (Å²) in [7, 11) is 0. The normalized spacial score (nSPS) is 7.67. The van der Waals surface area contributed by atoms with E-state index >= 15 is 0 Å². The largest absolute Gasteiger partial charge is 0.515 e. The number of aliphatic hydroxyl groups is 1. The summed E-state index contributed by atoms with van der Waals surface area (Å²) >= 11 is 4.76. The van der Waals surface area contributed by atoms with Crippen LogP contribution in [0, 0.1) is 0 Å². The van der Waals surface area contributed by atoms with Crippen LogP contribution in [0.25, 0.3) is 0 Å². The molecule has 4 heteroatoms. The van der Waals surface area contributed by atoms with Crippen LogP contribution in [0.15, 0.2) is 24.5 Å². The van der Waals surface area contributed by atoms with E-state index < -0.39 is 5.97 Å². The first-order chi connectivity index (χ1) is 4.18. The predicted molar refractivity (Wildman–Crippen MR) is 35.5 cm³/mol. The Labute approximate surface area is 57.9 Å². The van der Waals surface area contributed by atoms with E-state index in [1.807, 2.05) is 0 Å². The monoisotopic (exact) mass is 150 g/mol. The molecule has 0 heterocycles. The Morgan fingerprint density at radius 2 is 1.89 bits per heavy atom. The van der Waals surface area contributed by atoms with Gasteiger partial charge in [0.1, 0.15) is 0 Å². The van der Waals surface area contributed by atoms with Gasteiger partial charge in [0.05, 0.1) is 6.26 Å². The van der Waals surface area contributed by atoms with E-state index in [-0.39, 0.29) is 0 Å². The number of aliphatic hydroxyl groups excluding tert-OH is 1. The minimum absolute atomic E-state index is 0.765. The molecule has 0 aromatic heterocycles. The third kappa shape index (κ3) is 43.0. The summed E-state index contributed by atoms with van der Waals surface area (Å²) in [4.78, 5) is 9.25. The van der Waals surface area contributed by atoms with Crippen molar-refractivity contribution in [3.8, 4) is 0 Å². The molecule has 0 aliphatic heterocycles. The van der Waals surface area contributed by atoms with Crippen LogP contribution >= 0.6 is 11.6 Å². The fourth-order valence-corrected chi connectivity index (χ4v) is 0. The lowest BCUT2D eigenvalue weighted by Gasteiger charge is -1.64. The maximum atomic E-state index is 9.25. The van der Waals surface area contributed by atoms with Gasteiger partial charge in [-0.25, -0.2) is 4.79 Å². The number of halogens is 1. The van der Waals surface area contributed by atoms with Crippen LogP contribution in [0.4, 0.5) is 0 Å². The zero-order valence-electron chi connectivity index (χ0n) is 4.62. The van der Waals surface area contributed by atoms with E-state index in [9.17, 15) is 4.79 Å². The first-order valence-corrected chi connectivity index (χ1v) is 2.37. The van der Waals surface area contributed by atoms with Crippen molar-refractivity contribution in [1.82, 2.24) is 0 Å². The molecule has 52 valence electrons. The van der Waals surface area contributed by atoms with E-state index in [4.69, 9.17) is 21.8 Å². The van der Waals surface area contributed by atoms with Gasteiger partial charge in [-0.1, -0.05) is 18.2 Å². The summed E-state index contributed by atoms with van der Waals surface area (Å²) in [5.74, 6) is -0.981. The third-order valence-corrected chi connectivity index (χ3v) is 0.344. The van der Waals surface area contributed by atoms with Gasteiger partial charge in [0.15, 0.2) is 0 Å². The highest BCUT2D eigenvalue weighted by Gasteiger charge is 1.73. The average molecular weight is 151 g/mol. The molecular formula is C5H7ClO3. The van der Waals surface area contributed by atoms with Gasteiger partial charge in [-0.15, -0.1) is 0 Å². The Bertz CT molecular complexity index is 105. The molecule has 0 radical (unpaired) electrons. The molecule has 0 rings (SSSR count). The molecule has 0 atom stereocenters. The van der Waals surface area contributed by atoms with Crippen molar-refractivity contribution < 1.29 is 15.0 Å². The summed E-state index contributed by atoms with van der Waals surface area (Å²) in [6.07, 6.45) is 1.60. The molecule has 0 aliphatic rings. The van der Waals surface area contributed by atoms with Gasteiger partial charge in [-0.2, -0.15) is 0 Å². The zero-order chi connectivity index (χ0) is 7.70. The van der Waals surface area contributed by atoms with Crippen LogP contribution in [0.1, 0.15) is 0 Å². The number of carboxylic acid groups (broad SMARTS) is 1. The second kappa shape index (κ2) is 10.1. The maximum Gasteiger partial charge on any atom is 0.327 e. The summed E-state index contributed by atoms with van der Waals surface area (Å²) < 4.78 is 0. The lowest BCUT2D eigenvalue weighted by atomic mass is 10.7. The van der Waals surface area contributed by atoms with Crippen LogP contribution in [-0.4, -0.2) is 16.2 Å². The number of aliphatic carboxylic acids is 1. The fraction of sp³-hybridized carbons (Fsp3) is 0. The number of rotatable bonds is 1. The minimum Gasteiger partial charge on any atom is -0.515 e. The first kappa shape index (κ1) is 10.9. The van der Waals surface area contributed by atoms with Crippen molar-refractivity contribution in [3.05, 3.63) is 24.5 Å². The van der Waals surface area contributed by atoms with Crippen LogP contribution in [0.3, 0.4) is 0 Å². The lowest BCUT2D eigenvalue weighted by Crippen LogP contribution is -1.82. The molecule has 0 spiro atoms. The summed E-state index contributed by atoms with van der Waals surface area (Å²) in [6.45, 7) is 2.96. The second-order valence-electron chi connectivity index (χ2n) is 0.817. The first-order valence-electron chi connectivity index (χ1n) is 1.93. The smallest absolute Gasteiger partial charge is 0.327 e. The van der Waals surface area contributed by atoms with E-state index in [0.717, 1.165) is 17.9 Å². The summed E-state index contributed by atoms with van der Waals surface area (Å²) in [5, 5.41) is 15.2. The lowest BCUT2D eigenvalue weighted by molar-refractivity contribution is -0.131. The molecule has 0 aliphatic carbocycles. The van der Waals surface area contributed by atoms with Gasteiger partial charge in [-0.3, -0.25) is 0 Å². The molecule has 9 heavy (non-hydrogen) atoms. The Kier molecular flexibility index (Phi) is 12.3. The van der Waals surface area contributed by atoms with E-state index in [1.54, 1.807) is 0 Å². The van der Waals surface area contributed by atoms with Gasteiger partial charge in [0.2, 0.25) is 0 Å². The summed E-state index contributed by atoms with van der Waals surface area (Å²) in [5.41, 5.74) is 1.03. The molecule has 0 bridgehead atoms. The van der Waals surface area contributed by atoms with E-state index in [0.29, 0.717) is 0 Å². The standard InChI is InChI=1S/C3H4O2.C2H3ClO/c1-2-3(4)5;3-1-2-4/h2H,1H2,(H,4,5);1-2,4H. The number of hydrogen-bond acceptors (Lipinski definition) is 2. The fourth-order valence-electron chi connectivity index (χ4n) is 0. The Morgan fingerprint density at radius 1 is 1.67 bits per heavy atom. The molecule has 0 saturated heterocycles. The van der Waals surface area contributed by atoms with Crippen molar-refractivity contribution in [3.63, 3.8) is 0 Å². The van der Waals surface area contributed by atoms with Gasteiger partial charge in [0.25, 0.3) is 0 Å². The van der Waals surface area contributed by atoms with Gasteiger partial charge >= 0.3 is 5.97 Å². The SMILES string of the molecule is C=CC(=O)O.OC=CCl. The highest BCUT2D eigenvalue weighted by molar-refractivity contribution is 6.25. The highest BCUT2D eigenvalue weighted by Crippen LogP contribution is 1.67. The van der Waals surface area contributed by atoms with Crippen LogP contribution in [0.2, 0.25) is 0 Å². The number of hydrogen-bond donors (Lipinski definition) is 2. The Balaban J connectivity index is 0. The second-order valence-corrected chi connectivity index (χ2v) is 1.07. The average Bonchev–Trinajstić information content (AvgIpc) is 1.89. The Morgan fingerprint density at radius 3 is 1.89 bits per heavy atom. The van der Waals surface area contributed by atoms with Crippen molar-refractivity contribution in [2.45, 2.75) is 0 Å². The zero-order valence-corrected chi connectivity index (χ0v) is 5.38. The molecule has 0 aromatic carbocycles. The van der Waals surface area contributed by atoms with E-state index in [1.165, 1.54) is 0 Å². The van der Waals surface area contributed by atoms with Crippen LogP contribution < -0.4 is 0 Å². The molecule has 0 amide bonds. The topological polar surface area (TPSA) is 57.5 Å². The van der Waals surface area contributed by atoms with Gasteiger partial charge in [-0.05, 0) is 0 Å². The molecule has 0 fully saturated rings. The van der Waals surface area contributed by atoms with Crippen molar-refractivity contribution in [1.29, 1.82) is 0 Å². The minimum atomic E-state index is -0.981. The molecule has 2 N–H and O–H groups in total. The van der Waals surface area contributed by atoms with Crippen LogP contribution in [0.5, 0.6) is 0 Å². The van der Waals surface area contributed by atoms with Crippen LogP contribution in [-0.2, 0) is 4.79 Å². The Hall–Kier alpha value is -0.960. The molecule has 0 aromatic rings. The molecular weight excluding hydrogens is 144 g/mol. The van der Waals surface area contributed by atoms with Crippen molar-refractivity contribution >= 4 is 17.6 Å². The van der Waals surface area contributed by atoms with Crippen molar-refractivity contribution in [2.75, 3.05) is 0 Å². The maximum absolute atomic E-state index is 9.25. The summed E-state index contributed by atoms with van der Waals surface area (Å²) in [6, 6.07) is 0. The molecule has 0 unspecified atom stereocenters. The highest BCUT2D eigenvalue weighted by atomic mass is 35.5. The van der Waals surface area contributed by atoms with Gasteiger partial charge in [0, 0.05) is 11.6 Å². The van der Waals surface area contributed by atoms with E-state index in [2.05, 4.69) is 6.58 Å². The number of carbonyl (C=O) groups is 1. The predicted octanol–water partition coefficient (Wildman–Crippen LogP) is 1.51.